The van der Waals surface area contributed by atoms with Gasteiger partial charge in [-0.25, -0.2) is 4.79 Å². The molecule has 5 aromatic rings. The van der Waals surface area contributed by atoms with Gasteiger partial charge in [0.15, 0.2) is 0 Å². The first kappa shape index (κ1) is 29.3. The van der Waals surface area contributed by atoms with Crippen molar-refractivity contribution in [1.29, 1.82) is 0 Å². The van der Waals surface area contributed by atoms with Crippen LogP contribution >= 0.6 is 0 Å². The summed E-state index contributed by atoms with van der Waals surface area (Å²) < 4.78 is 7.45. The number of nitro benzene ring substituents is 1. The van der Waals surface area contributed by atoms with Crippen LogP contribution in [0.4, 0.5) is 5.69 Å². The van der Waals surface area contributed by atoms with Crippen molar-refractivity contribution in [2.45, 2.75) is 40.3 Å². The standard InChI is InChI=1S/C35H33N3O5/c1-5-43-35(40)28-11-8-10-26(19-28)31-12-7-6-9-29(31)21-37-24(4)22(2)32-20-27(15-18-33(32)37)34(39)36-23(3)25-13-16-30(17-14-25)38(41)42/h6-20,23H,5,21H2,1-4H3,(H,36,39)/t23-/m0/s1. The number of nitro groups is 1. The number of aromatic nitrogens is 1. The van der Waals surface area contributed by atoms with Crippen LogP contribution in [0, 0.1) is 24.0 Å². The molecule has 0 bridgehead atoms. The Labute approximate surface area is 250 Å². The molecule has 0 radical (unpaired) electrons. The molecule has 1 heterocycles. The second-order valence-corrected chi connectivity index (χ2v) is 10.5. The van der Waals surface area contributed by atoms with Gasteiger partial charge in [-0.3, -0.25) is 14.9 Å². The third-order valence-corrected chi connectivity index (χ3v) is 7.88. The highest BCUT2D eigenvalue weighted by molar-refractivity contribution is 5.99. The fourth-order valence-corrected chi connectivity index (χ4v) is 5.38. The number of aryl methyl sites for hydroxylation is 1. The smallest absolute Gasteiger partial charge is 0.338 e. The Kier molecular flexibility index (Phi) is 8.39. The van der Waals surface area contributed by atoms with E-state index in [0.717, 1.165) is 44.4 Å². The monoisotopic (exact) mass is 575 g/mol. The van der Waals surface area contributed by atoms with E-state index in [1.165, 1.54) is 12.1 Å². The molecule has 0 saturated heterocycles. The molecule has 0 unspecified atom stereocenters. The van der Waals surface area contributed by atoms with Gasteiger partial charge in [0.2, 0.25) is 0 Å². The summed E-state index contributed by atoms with van der Waals surface area (Å²) in [7, 11) is 0. The van der Waals surface area contributed by atoms with E-state index >= 15 is 0 Å². The number of non-ortho nitro benzene ring substituents is 1. The molecule has 1 N–H and O–H groups in total. The average molecular weight is 576 g/mol. The summed E-state index contributed by atoms with van der Waals surface area (Å²) in [6, 6.07) is 27.2. The number of ether oxygens (including phenoxy) is 1. The van der Waals surface area contributed by atoms with Crippen molar-refractivity contribution in [3.8, 4) is 11.1 Å². The third kappa shape index (κ3) is 6.04. The fourth-order valence-electron chi connectivity index (χ4n) is 5.38. The first-order valence-corrected chi connectivity index (χ1v) is 14.2. The van der Waals surface area contributed by atoms with Crippen LogP contribution in [-0.2, 0) is 11.3 Å². The van der Waals surface area contributed by atoms with Crippen LogP contribution < -0.4 is 5.32 Å². The second kappa shape index (κ2) is 12.3. The van der Waals surface area contributed by atoms with Gasteiger partial charge >= 0.3 is 5.97 Å². The molecular weight excluding hydrogens is 542 g/mol. The molecule has 5 rings (SSSR count). The summed E-state index contributed by atoms with van der Waals surface area (Å²) in [4.78, 5) is 36.1. The van der Waals surface area contributed by atoms with Crippen LogP contribution in [-0.4, -0.2) is 28.0 Å². The Balaban J connectivity index is 1.42. The fraction of sp³-hybridized carbons (Fsp3) is 0.200. The van der Waals surface area contributed by atoms with E-state index in [1.54, 1.807) is 25.1 Å². The van der Waals surface area contributed by atoms with E-state index in [9.17, 15) is 19.7 Å². The number of nitrogens with one attached hydrogen (secondary N) is 1. The molecule has 218 valence electrons. The predicted molar refractivity (Wildman–Crippen MR) is 167 cm³/mol. The van der Waals surface area contributed by atoms with Gasteiger partial charge in [-0.2, -0.15) is 0 Å². The van der Waals surface area contributed by atoms with Gasteiger partial charge in [0.05, 0.1) is 23.1 Å². The lowest BCUT2D eigenvalue weighted by Crippen LogP contribution is -2.26. The van der Waals surface area contributed by atoms with E-state index in [0.29, 0.717) is 24.3 Å². The zero-order valence-electron chi connectivity index (χ0n) is 24.6. The van der Waals surface area contributed by atoms with Gasteiger partial charge in [0.1, 0.15) is 0 Å². The topological polar surface area (TPSA) is 103 Å². The van der Waals surface area contributed by atoms with Crippen molar-refractivity contribution < 1.29 is 19.2 Å². The van der Waals surface area contributed by atoms with E-state index in [-0.39, 0.29) is 23.6 Å². The molecule has 0 saturated carbocycles. The van der Waals surface area contributed by atoms with E-state index in [1.807, 2.05) is 55.5 Å². The average Bonchev–Trinajstić information content (AvgIpc) is 3.25. The summed E-state index contributed by atoms with van der Waals surface area (Å²) in [6.45, 7) is 8.71. The molecule has 0 fully saturated rings. The first-order valence-electron chi connectivity index (χ1n) is 14.2. The van der Waals surface area contributed by atoms with E-state index < -0.39 is 4.92 Å². The maximum absolute atomic E-state index is 13.2. The van der Waals surface area contributed by atoms with Crippen molar-refractivity contribution in [1.82, 2.24) is 9.88 Å². The van der Waals surface area contributed by atoms with Crippen molar-refractivity contribution in [3.05, 3.63) is 135 Å². The van der Waals surface area contributed by atoms with E-state index in [2.05, 4.69) is 35.9 Å². The molecule has 43 heavy (non-hydrogen) atoms. The van der Waals surface area contributed by atoms with Crippen LogP contribution in [0.25, 0.3) is 22.0 Å². The number of carbonyl (C=O) groups is 2. The Hall–Kier alpha value is -5.24. The Morgan fingerprint density at radius 3 is 2.40 bits per heavy atom. The first-order chi connectivity index (χ1) is 20.7. The van der Waals surface area contributed by atoms with Gasteiger partial charge in [0, 0.05) is 40.8 Å². The number of hydrogen-bond acceptors (Lipinski definition) is 5. The maximum atomic E-state index is 13.2. The van der Waals surface area contributed by atoms with Gasteiger partial charge < -0.3 is 14.6 Å². The van der Waals surface area contributed by atoms with Crippen molar-refractivity contribution in [2.24, 2.45) is 0 Å². The lowest BCUT2D eigenvalue weighted by molar-refractivity contribution is -0.384. The lowest BCUT2D eigenvalue weighted by Gasteiger charge is -2.15. The largest absolute Gasteiger partial charge is 0.462 e. The predicted octanol–water partition coefficient (Wildman–Crippen LogP) is 7.55. The maximum Gasteiger partial charge on any atom is 0.338 e. The molecular formula is C35H33N3O5. The number of amides is 1. The van der Waals surface area contributed by atoms with Gasteiger partial charge in [-0.1, -0.05) is 48.5 Å². The summed E-state index contributed by atoms with van der Waals surface area (Å²) in [5, 5.41) is 15.0. The molecule has 0 aliphatic rings. The Bertz CT molecular complexity index is 1840. The highest BCUT2D eigenvalue weighted by Crippen LogP contribution is 2.31. The summed E-state index contributed by atoms with van der Waals surface area (Å²) >= 11 is 0. The van der Waals surface area contributed by atoms with Crippen molar-refractivity contribution in [2.75, 3.05) is 6.61 Å². The molecule has 1 atom stereocenters. The number of fused-ring (bicyclic) bond motifs is 1. The number of benzene rings is 4. The molecule has 4 aromatic carbocycles. The minimum absolute atomic E-state index is 0.0101. The molecule has 0 aliphatic heterocycles. The number of carbonyl (C=O) groups excluding carboxylic acids is 2. The van der Waals surface area contributed by atoms with Gasteiger partial charge in [-0.05, 0) is 85.8 Å². The summed E-state index contributed by atoms with van der Waals surface area (Å²) in [5.41, 5.74) is 8.13. The molecule has 1 aromatic heterocycles. The van der Waals surface area contributed by atoms with Crippen molar-refractivity contribution in [3.63, 3.8) is 0 Å². The molecule has 0 spiro atoms. The zero-order valence-corrected chi connectivity index (χ0v) is 24.6. The summed E-state index contributed by atoms with van der Waals surface area (Å²) in [5.74, 6) is -0.559. The number of nitrogens with zero attached hydrogens (tertiary/aromatic N) is 2. The quantitative estimate of drug-likeness (QED) is 0.111. The van der Waals surface area contributed by atoms with Crippen molar-refractivity contribution >= 4 is 28.5 Å². The Morgan fingerprint density at radius 1 is 0.930 bits per heavy atom. The molecule has 8 heteroatoms. The highest BCUT2D eigenvalue weighted by Gasteiger charge is 2.18. The second-order valence-electron chi connectivity index (χ2n) is 10.5. The zero-order chi connectivity index (χ0) is 30.7. The van der Waals surface area contributed by atoms with Crippen LogP contribution in [0.5, 0.6) is 0 Å². The van der Waals surface area contributed by atoms with Crippen LogP contribution in [0.15, 0.2) is 91.0 Å². The van der Waals surface area contributed by atoms with Crippen LogP contribution in [0.1, 0.15) is 63.0 Å². The highest BCUT2D eigenvalue weighted by atomic mass is 16.6. The third-order valence-electron chi connectivity index (χ3n) is 7.88. The number of rotatable bonds is 9. The van der Waals surface area contributed by atoms with Crippen LogP contribution in [0.2, 0.25) is 0 Å². The van der Waals surface area contributed by atoms with Gasteiger partial charge in [-0.15, -0.1) is 0 Å². The normalized spacial score (nSPS) is 11.7. The molecule has 1 amide bonds. The lowest BCUT2D eigenvalue weighted by atomic mass is 9.98. The minimum atomic E-state index is -0.444. The van der Waals surface area contributed by atoms with E-state index in [4.69, 9.17) is 4.74 Å². The Morgan fingerprint density at radius 2 is 1.67 bits per heavy atom. The van der Waals surface area contributed by atoms with Crippen LogP contribution in [0.3, 0.4) is 0 Å². The minimum Gasteiger partial charge on any atom is -0.462 e. The molecule has 8 nitrogen and oxygen atoms in total. The SMILES string of the molecule is CCOC(=O)c1cccc(-c2ccccc2Cn2c(C)c(C)c3cc(C(=O)N[C@@H](C)c4ccc([N+](=O)[O-])cc4)ccc32)c1. The van der Waals surface area contributed by atoms with Gasteiger partial charge in [0.25, 0.3) is 11.6 Å². The summed E-state index contributed by atoms with van der Waals surface area (Å²) in [6.07, 6.45) is 0. The number of hydrogen-bond donors (Lipinski definition) is 1. The number of esters is 1. The molecule has 0 aliphatic carbocycles.